The zero-order valence-electron chi connectivity index (χ0n) is 21.4. The third-order valence-electron chi connectivity index (χ3n) is 10.4. The maximum Gasteiger partial charge on any atom is 0.331 e. The summed E-state index contributed by atoms with van der Waals surface area (Å²) in [5, 5.41) is 24.9. The van der Waals surface area contributed by atoms with Crippen molar-refractivity contribution >= 4 is 17.9 Å². The molecule has 2 aliphatic carbocycles. The van der Waals surface area contributed by atoms with Crippen LogP contribution in [0, 0.1) is 28.1 Å². The second-order valence-corrected chi connectivity index (χ2v) is 12.1. The van der Waals surface area contributed by atoms with Crippen molar-refractivity contribution in [3.8, 4) is 0 Å². The first kappa shape index (κ1) is 24.1. The highest BCUT2D eigenvalue weighted by molar-refractivity contribution is 5.91. The Morgan fingerprint density at radius 1 is 1.14 bits per heavy atom. The van der Waals surface area contributed by atoms with E-state index in [1.807, 2.05) is 6.92 Å². The van der Waals surface area contributed by atoms with E-state index in [1.54, 1.807) is 26.8 Å². The van der Waals surface area contributed by atoms with Crippen LogP contribution in [0.1, 0.15) is 48.0 Å². The van der Waals surface area contributed by atoms with Crippen molar-refractivity contribution in [2.75, 3.05) is 7.11 Å². The van der Waals surface area contributed by atoms with Gasteiger partial charge in [0.05, 0.1) is 13.2 Å². The van der Waals surface area contributed by atoms with Gasteiger partial charge in [-0.05, 0) is 63.2 Å². The summed E-state index contributed by atoms with van der Waals surface area (Å²) < 4.78 is 28.8. The van der Waals surface area contributed by atoms with E-state index in [0.29, 0.717) is 11.1 Å². The number of hydrogen-bond donors (Lipinski definition) is 2. The fraction of sp³-hybridized carbons (Fsp3) is 0.731. The van der Waals surface area contributed by atoms with Crippen LogP contribution in [0.2, 0.25) is 0 Å². The van der Waals surface area contributed by atoms with E-state index in [4.69, 9.17) is 23.7 Å². The van der Waals surface area contributed by atoms with Gasteiger partial charge in [-0.2, -0.15) is 0 Å². The van der Waals surface area contributed by atoms with Crippen molar-refractivity contribution in [1.29, 1.82) is 0 Å². The van der Waals surface area contributed by atoms with E-state index in [0.717, 1.165) is 0 Å². The fourth-order valence-electron chi connectivity index (χ4n) is 8.70. The summed E-state index contributed by atoms with van der Waals surface area (Å²) in [5.41, 5.74) is -7.06. The van der Waals surface area contributed by atoms with E-state index in [-0.39, 0.29) is 6.42 Å². The van der Waals surface area contributed by atoms with Crippen LogP contribution in [0.15, 0.2) is 23.3 Å². The zero-order valence-corrected chi connectivity index (χ0v) is 21.4. The van der Waals surface area contributed by atoms with Crippen LogP contribution in [0.25, 0.3) is 0 Å². The number of fused-ring (bicyclic) bond motifs is 1. The molecule has 3 saturated heterocycles. The second kappa shape index (κ2) is 6.40. The Hall–Kier alpha value is -2.27. The maximum atomic E-state index is 14.1. The van der Waals surface area contributed by atoms with Crippen molar-refractivity contribution in [2.45, 2.75) is 83.5 Å². The maximum absolute atomic E-state index is 14.1. The molecule has 0 radical (unpaired) electrons. The van der Waals surface area contributed by atoms with Crippen molar-refractivity contribution in [1.82, 2.24) is 0 Å². The molecular weight excluding hydrogens is 472 g/mol. The lowest BCUT2D eigenvalue weighted by Gasteiger charge is -2.66. The van der Waals surface area contributed by atoms with Gasteiger partial charge in [-0.15, -0.1) is 0 Å². The van der Waals surface area contributed by atoms with Crippen LogP contribution in [0.4, 0.5) is 0 Å². The summed E-state index contributed by atoms with van der Waals surface area (Å²) in [5.74, 6) is -5.43. The van der Waals surface area contributed by atoms with E-state index in [1.165, 1.54) is 27.0 Å². The highest BCUT2D eigenvalue weighted by Gasteiger charge is 2.96. The van der Waals surface area contributed by atoms with Crippen LogP contribution < -0.4 is 0 Å². The van der Waals surface area contributed by atoms with Gasteiger partial charge in [0.2, 0.25) is 12.1 Å². The van der Waals surface area contributed by atoms with Gasteiger partial charge in [-0.3, -0.25) is 9.59 Å². The Bertz CT molecular complexity index is 1190. The van der Waals surface area contributed by atoms with Gasteiger partial charge in [0, 0.05) is 11.5 Å². The van der Waals surface area contributed by atoms with E-state index < -0.39 is 81.5 Å². The first-order valence-corrected chi connectivity index (χ1v) is 12.3. The largest absolute Gasteiger partial charge is 0.468 e. The minimum absolute atomic E-state index is 0.0941. The monoisotopic (exact) mass is 504 g/mol. The van der Waals surface area contributed by atoms with Crippen LogP contribution in [-0.2, 0) is 38.1 Å². The lowest BCUT2D eigenvalue weighted by molar-refractivity contribution is -0.420. The van der Waals surface area contributed by atoms with Crippen LogP contribution >= 0.6 is 0 Å². The number of aliphatic hydroxyl groups is 2. The van der Waals surface area contributed by atoms with Gasteiger partial charge < -0.3 is 33.9 Å². The molecule has 0 bridgehead atoms. The highest BCUT2D eigenvalue weighted by atomic mass is 16.8. The molecule has 1 saturated carbocycles. The van der Waals surface area contributed by atoms with E-state index >= 15 is 0 Å². The number of esters is 3. The molecule has 0 aromatic carbocycles. The highest BCUT2D eigenvalue weighted by Crippen LogP contribution is 2.80. The first-order chi connectivity index (χ1) is 16.6. The molecule has 36 heavy (non-hydrogen) atoms. The molecule has 4 aliphatic heterocycles. The van der Waals surface area contributed by atoms with Crippen molar-refractivity contribution in [3.05, 3.63) is 23.3 Å². The standard InChI is InChI=1S/C26H32O10/c1-11-13-8-17(27)36-21(3,4)14(13)9-16-23(6)15(11)10-22(5)18(28)34-20-25(22,30)24(23,19(29)32-7)26(31,35-16)12(2)33-20/h8-9,11-12,15-16,20,30-31H,10H2,1-7H3/t11-,12-,15-,16+,20+,22-,23+,24-,25-,26+/m0/s1. The average Bonchev–Trinajstić information content (AvgIpc) is 3.08. The average molecular weight is 505 g/mol. The Kier molecular flexibility index (Phi) is 4.29. The van der Waals surface area contributed by atoms with Crippen LogP contribution in [-0.4, -0.2) is 70.7 Å². The topological polar surface area (TPSA) is 138 Å². The smallest absolute Gasteiger partial charge is 0.331 e. The fourth-order valence-corrected chi connectivity index (χ4v) is 8.70. The molecule has 0 aromatic heterocycles. The molecule has 6 rings (SSSR count). The molecule has 0 aromatic rings. The number of methoxy groups -OCH3 is 1. The van der Waals surface area contributed by atoms with E-state index in [9.17, 15) is 24.6 Å². The lowest BCUT2D eigenvalue weighted by Crippen LogP contribution is -2.84. The Labute approximate surface area is 208 Å². The minimum Gasteiger partial charge on any atom is -0.468 e. The van der Waals surface area contributed by atoms with Gasteiger partial charge in [-0.25, -0.2) is 4.79 Å². The van der Waals surface area contributed by atoms with Crippen molar-refractivity contribution < 1.29 is 48.3 Å². The summed E-state index contributed by atoms with van der Waals surface area (Å²) in [4.78, 5) is 40.1. The van der Waals surface area contributed by atoms with Gasteiger partial charge >= 0.3 is 17.9 Å². The van der Waals surface area contributed by atoms with Crippen molar-refractivity contribution in [2.24, 2.45) is 28.1 Å². The number of cyclic esters (lactones) is 1. The summed E-state index contributed by atoms with van der Waals surface area (Å²) in [6.07, 6.45) is -0.300. The SMILES string of the molecule is COC(=O)[C@@]12[C@@]3(C)[C@H]4C=C5C(=CC(=O)OC5(C)C)[C@H](C)[C@@H]3C[C@@]3(C)C(=O)O[C@@H](O[C@@H](C)[C@@]1(O)O4)[C@@]23O. The molecule has 4 heterocycles. The molecule has 0 spiro atoms. The third kappa shape index (κ3) is 2.06. The molecule has 10 nitrogen and oxygen atoms in total. The Morgan fingerprint density at radius 3 is 2.44 bits per heavy atom. The molecule has 10 heteroatoms. The van der Waals surface area contributed by atoms with Crippen molar-refractivity contribution in [3.63, 3.8) is 0 Å². The third-order valence-corrected chi connectivity index (χ3v) is 10.4. The molecule has 0 amide bonds. The van der Waals surface area contributed by atoms with Gasteiger partial charge in [0.1, 0.15) is 17.1 Å². The number of hydrogen-bond acceptors (Lipinski definition) is 10. The first-order valence-electron chi connectivity index (χ1n) is 12.3. The Balaban J connectivity index is 1.76. The molecule has 0 unspecified atom stereocenters. The normalized spacial score (nSPS) is 53.8. The zero-order chi connectivity index (χ0) is 26.4. The minimum atomic E-state index is -2.37. The molecule has 4 fully saturated rings. The Morgan fingerprint density at radius 2 is 1.81 bits per heavy atom. The van der Waals surface area contributed by atoms with Gasteiger partial charge in [-0.1, -0.05) is 13.8 Å². The molecule has 196 valence electrons. The van der Waals surface area contributed by atoms with Crippen LogP contribution in [0.3, 0.4) is 0 Å². The molecule has 6 aliphatic rings. The van der Waals surface area contributed by atoms with Gasteiger partial charge in [0.25, 0.3) is 0 Å². The number of ether oxygens (including phenoxy) is 5. The summed E-state index contributed by atoms with van der Waals surface area (Å²) in [6.45, 7) is 10.3. The predicted molar refractivity (Wildman–Crippen MR) is 119 cm³/mol. The number of rotatable bonds is 1. The van der Waals surface area contributed by atoms with Crippen LogP contribution in [0.5, 0.6) is 0 Å². The predicted octanol–water partition coefficient (Wildman–Crippen LogP) is 1.14. The van der Waals surface area contributed by atoms with E-state index in [2.05, 4.69) is 0 Å². The summed E-state index contributed by atoms with van der Waals surface area (Å²) >= 11 is 0. The van der Waals surface area contributed by atoms with Gasteiger partial charge in [0.15, 0.2) is 11.0 Å². The lowest BCUT2D eigenvalue weighted by atomic mass is 9.36. The summed E-state index contributed by atoms with van der Waals surface area (Å²) in [6, 6.07) is 0. The molecule has 2 N–H and O–H groups in total. The quantitative estimate of drug-likeness (QED) is 0.395. The number of carbonyl (C=O) groups is 3. The summed E-state index contributed by atoms with van der Waals surface area (Å²) in [7, 11) is 1.18. The molecule has 10 atom stereocenters. The second-order valence-electron chi connectivity index (χ2n) is 12.1. The number of carbonyl (C=O) groups excluding carboxylic acids is 3. The molecular formula is C26H32O10.